The van der Waals surface area contributed by atoms with Crippen LogP contribution in [0.5, 0.6) is 0 Å². The van der Waals surface area contributed by atoms with E-state index in [9.17, 15) is 9.59 Å². The average Bonchev–Trinajstić information content (AvgIpc) is 3.25. The molecule has 4 rings (SSSR count). The Morgan fingerprint density at radius 3 is 2.82 bits per heavy atom. The van der Waals surface area contributed by atoms with Crippen molar-refractivity contribution in [2.24, 2.45) is 0 Å². The number of ketones is 1. The van der Waals surface area contributed by atoms with Crippen LogP contribution >= 0.6 is 11.3 Å². The molecule has 0 saturated carbocycles. The van der Waals surface area contributed by atoms with Gasteiger partial charge in [-0.05, 0) is 36.4 Å². The van der Waals surface area contributed by atoms with Gasteiger partial charge in [0.1, 0.15) is 0 Å². The lowest BCUT2D eigenvalue weighted by Crippen LogP contribution is -2.40. The number of para-hydroxylation sites is 1. The van der Waals surface area contributed by atoms with Crippen molar-refractivity contribution in [3.05, 3.63) is 52.2 Å². The summed E-state index contributed by atoms with van der Waals surface area (Å²) < 4.78 is 0. The summed E-state index contributed by atoms with van der Waals surface area (Å²) in [6.45, 7) is 1.45. The molecule has 0 aliphatic carbocycles. The number of nitrogens with zero attached hydrogens (tertiary/aromatic N) is 2. The molecular weight excluding hydrogens is 296 g/mol. The molecule has 1 atom stereocenters. The van der Waals surface area contributed by atoms with E-state index in [0.717, 1.165) is 25.1 Å². The first-order valence-corrected chi connectivity index (χ1v) is 8.36. The van der Waals surface area contributed by atoms with Crippen LogP contribution in [0.3, 0.4) is 0 Å². The van der Waals surface area contributed by atoms with Crippen molar-refractivity contribution < 1.29 is 9.59 Å². The zero-order valence-corrected chi connectivity index (χ0v) is 12.9. The van der Waals surface area contributed by atoms with Crippen LogP contribution in [0.1, 0.15) is 34.1 Å². The zero-order chi connectivity index (χ0) is 15.1. The summed E-state index contributed by atoms with van der Waals surface area (Å²) in [5.41, 5.74) is 1.27. The highest BCUT2D eigenvalue weighted by atomic mass is 32.1. The predicted molar refractivity (Wildman–Crippen MR) is 86.1 cm³/mol. The summed E-state index contributed by atoms with van der Waals surface area (Å²) in [7, 11) is 0. The van der Waals surface area contributed by atoms with E-state index in [1.165, 1.54) is 4.88 Å². The monoisotopic (exact) mass is 312 g/mol. The van der Waals surface area contributed by atoms with E-state index in [4.69, 9.17) is 0 Å². The van der Waals surface area contributed by atoms with Gasteiger partial charge in [-0.15, -0.1) is 11.3 Å². The Labute approximate surface area is 133 Å². The molecular formula is C17H16N2O2S. The summed E-state index contributed by atoms with van der Waals surface area (Å²) in [5, 5.41) is 2.09. The van der Waals surface area contributed by atoms with Crippen LogP contribution in [-0.2, 0) is 4.79 Å². The fourth-order valence-corrected chi connectivity index (χ4v) is 4.26. The number of benzene rings is 1. The number of Topliss-reactive ketones (excluding diaryl/α,β-unsaturated/α-hetero) is 1. The number of amides is 1. The Bertz CT molecular complexity index is 726. The molecule has 0 radical (unpaired) electrons. The molecule has 4 nitrogen and oxygen atoms in total. The van der Waals surface area contributed by atoms with Crippen LogP contribution in [0.15, 0.2) is 41.8 Å². The number of thiophene rings is 1. The number of anilines is 1. The fraction of sp³-hybridized carbons (Fsp3) is 0.294. The molecule has 1 saturated heterocycles. The molecule has 2 aliphatic heterocycles. The Morgan fingerprint density at radius 2 is 2.00 bits per heavy atom. The number of likely N-dealkylation sites (tertiary alicyclic amines) is 1. The van der Waals surface area contributed by atoms with Crippen molar-refractivity contribution in [2.45, 2.75) is 18.9 Å². The van der Waals surface area contributed by atoms with Gasteiger partial charge in [-0.25, -0.2) is 0 Å². The number of hydrogen-bond donors (Lipinski definition) is 0. The van der Waals surface area contributed by atoms with Gasteiger partial charge in [0.15, 0.2) is 0 Å². The van der Waals surface area contributed by atoms with Crippen LogP contribution in [0.25, 0.3) is 0 Å². The first kappa shape index (κ1) is 13.7. The highest BCUT2D eigenvalue weighted by Gasteiger charge is 2.38. The quantitative estimate of drug-likeness (QED) is 0.818. The van der Waals surface area contributed by atoms with Gasteiger partial charge < -0.3 is 0 Å². The molecule has 2 aromatic rings. The minimum absolute atomic E-state index is 0.357. The van der Waals surface area contributed by atoms with Gasteiger partial charge in [0, 0.05) is 17.5 Å². The Hall–Kier alpha value is -1.98. The minimum Gasteiger partial charge on any atom is -0.291 e. The molecule has 1 aromatic heterocycles. The Balaban J connectivity index is 1.61. The molecule has 0 N–H and O–H groups in total. The maximum Gasteiger partial charge on any atom is 0.300 e. The lowest BCUT2D eigenvalue weighted by Gasteiger charge is -2.28. The molecule has 0 spiro atoms. The molecule has 3 heterocycles. The molecule has 22 heavy (non-hydrogen) atoms. The summed E-state index contributed by atoms with van der Waals surface area (Å²) in [5.74, 6) is -0.791. The van der Waals surface area contributed by atoms with Gasteiger partial charge in [-0.3, -0.25) is 19.4 Å². The predicted octanol–water partition coefficient (Wildman–Crippen LogP) is 3.07. The summed E-state index contributed by atoms with van der Waals surface area (Å²) in [4.78, 5) is 29.6. The third-order valence-electron chi connectivity index (χ3n) is 4.44. The topological polar surface area (TPSA) is 40.6 Å². The maximum absolute atomic E-state index is 12.3. The third kappa shape index (κ3) is 2.09. The van der Waals surface area contributed by atoms with E-state index in [1.807, 2.05) is 12.1 Å². The molecule has 1 amide bonds. The van der Waals surface area contributed by atoms with Crippen LogP contribution in [0.2, 0.25) is 0 Å². The van der Waals surface area contributed by atoms with E-state index in [0.29, 0.717) is 18.3 Å². The average molecular weight is 312 g/mol. The number of fused-ring (bicyclic) bond motifs is 1. The van der Waals surface area contributed by atoms with Gasteiger partial charge in [-0.1, -0.05) is 18.2 Å². The van der Waals surface area contributed by atoms with E-state index in [2.05, 4.69) is 22.4 Å². The molecule has 0 bridgehead atoms. The SMILES string of the molecule is O=C1C(=O)N(CN2CCC[C@@H]2c2cccs2)c2ccccc21. The lowest BCUT2D eigenvalue weighted by molar-refractivity contribution is -0.114. The highest BCUT2D eigenvalue weighted by molar-refractivity contribution is 7.10. The van der Waals surface area contributed by atoms with E-state index < -0.39 is 5.91 Å². The van der Waals surface area contributed by atoms with Gasteiger partial charge in [0.25, 0.3) is 5.78 Å². The zero-order valence-electron chi connectivity index (χ0n) is 12.1. The summed E-state index contributed by atoms with van der Waals surface area (Å²) in [6.07, 6.45) is 2.23. The maximum atomic E-state index is 12.3. The second-order valence-corrected chi connectivity index (χ2v) is 6.69. The van der Waals surface area contributed by atoms with Crippen molar-refractivity contribution in [1.82, 2.24) is 4.90 Å². The second-order valence-electron chi connectivity index (χ2n) is 5.71. The van der Waals surface area contributed by atoms with Crippen molar-refractivity contribution in [2.75, 3.05) is 18.1 Å². The van der Waals surface area contributed by atoms with Crippen molar-refractivity contribution in [3.8, 4) is 0 Å². The van der Waals surface area contributed by atoms with Gasteiger partial charge in [0.05, 0.1) is 17.9 Å². The number of carbonyl (C=O) groups excluding carboxylic acids is 2. The van der Waals surface area contributed by atoms with Crippen molar-refractivity contribution >= 4 is 28.7 Å². The molecule has 5 heteroatoms. The molecule has 112 valence electrons. The lowest BCUT2D eigenvalue weighted by atomic mass is 10.1. The smallest absolute Gasteiger partial charge is 0.291 e. The van der Waals surface area contributed by atoms with Crippen LogP contribution in [-0.4, -0.2) is 29.8 Å². The van der Waals surface area contributed by atoms with E-state index in [1.54, 1.807) is 28.4 Å². The molecule has 2 aliphatic rings. The van der Waals surface area contributed by atoms with E-state index >= 15 is 0 Å². The van der Waals surface area contributed by atoms with Gasteiger partial charge in [0.2, 0.25) is 0 Å². The molecule has 1 fully saturated rings. The van der Waals surface area contributed by atoms with E-state index in [-0.39, 0.29) is 5.78 Å². The highest BCUT2D eigenvalue weighted by Crippen LogP contribution is 2.36. The van der Waals surface area contributed by atoms with Gasteiger partial charge in [-0.2, -0.15) is 0 Å². The Kier molecular flexibility index (Phi) is 3.32. The summed E-state index contributed by atoms with van der Waals surface area (Å²) in [6, 6.07) is 11.8. The molecule has 1 aromatic carbocycles. The second kappa shape index (κ2) is 5.34. The summed E-state index contributed by atoms with van der Waals surface area (Å²) >= 11 is 1.76. The first-order valence-electron chi connectivity index (χ1n) is 7.48. The largest absolute Gasteiger partial charge is 0.300 e. The van der Waals surface area contributed by atoms with Crippen molar-refractivity contribution in [3.63, 3.8) is 0 Å². The standard InChI is InChI=1S/C17H16N2O2S/c20-16-12-5-1-2-6-13(12)19(17(16)21)11-18-9-3-7-14(18)15-8-4-10-22-15/h1-2,4-6,8,10,14H,3,7,9,11H2/t14-/m1/s1. The Morgan fingerprint density at radius 1 is 1.14 bits per heavy atom. The third-order valence-corrected chi connectivity index (χ3v) is 5.41. The van der Waals surface area contributed by atoms with Gasteiger partial charge >= 0.3 is 5.91 Å². The number of carbonyl (C=O) groups is 2. The van der Waals surface area contributed by atoms with Crippen molar-refractivity contribution in [1.29, 1.82) is 0 Å². The minimum atomic E-state index is -0.405. The fourth-order valence-electron chi connectivity index (χ4n) is 3.37. The van der Waals surface area contributed by atoms with Crippen LogP contribution < -0.4 is 4.90 Å². The van der Waals surface area contributed by atoms with Crippen LogP contribution in [0.4, 0.5) is 5.69 Å². The number of rotatable bonds is 3. The first-order chi connectivity index (χ1) is 10.8. The number of hydrogen-bond acceptors (Lipinski definition) is 4. The normalized spacial score (nSPS) is 21.6. The van der Waals surface area contributed by atoms with Crippen LogP contribution in [0, 0.1) is 0 Å². The molecule has 0 unspecified atom stereocenters.